The van der Waals surface area contributed by atoms with E-state index in [9.17, 15) is 9.59 Å². The quantitative estimate of drug-likeness (QED) is 0.660. The van der Waals surface area contributed by atoms with Crippen molar-refractivity contribution in [3.63, 3.8) is 0 Å². The van der Waals surface area contributed by atoms with Crippen molar-refractivity contribution < 1.29 is 13.7 Å². The molecule has 0 saturated carbocycles. The molecule has 7 nitrogen and oxygen atoms in total. The molecule has 1 atom stereocenters. The van der Waals surface area contributed by atoms with Crippen LogP contribution in [-0.2, 0) is 12.8 Å². The normalized spacial score (nSPS) is 16.3. The zero-order chi connectivity index (χ0) is 20.4. The molecule has 2 aromatic heterocycles. The summed E-state index contributed by atoms with van der Waals surface area (Å²) in [6.45, 7) is 4.05. The predicted molar refractivity (Wildman–Crippen MR) is 106 cm³/mol. The number of likely N-dealkylation sites (tertiary alicyclic amines) is 1. The first-order chi connectivity index (χ1) is 14.0. The van der Waals surface area contributed by atoms with E-state index in [0.29, 0.717) is 36.0 Å². The molecule has 29 heavy (non-hydrogen) atoms. The van der Waals surface area contributed by atoms with E-state index < -0.39 is 5.63 Å². The number of carbonyl (C=O) groups excluding carboxylic acids is 1. The Labute approximate surface area is 168 Å². The smallest absolute Gasteiger partial charge is 0.349 e. The van der Waals surface area contributed by atoms with Crippen LogP contribution in [0.2, 0.25) is 0 Å². The second-order valence-corrected chi connectivity index (χ2v) is 7.38. The van der Waals surface area contributed by atoms with E-state index in [1.807, 2.05) is 30.3 Å². The molecule has 7 heteroatoms. The van der Waals surface area contributed by atoms with Gasteiger partial charge in [0.1, 0.15) is 17.4 Å². The lowest BCUT2D eigenvalue weighted by atomic mass is 10.1. The summed E-state index contributed by atoms with van der Waals surface area (Å²) in [5.74, 6) is 1.18. The molecule has 1 aliphatic rings. The molecule has 1 fully saturated rings. The average Bonchev–Trinajstić information content (AvgIpc) is 3.35. The highest BCUT2D eigenvalue weighted by molar-refractivity contribution is 5.95. The largest absolute Gasteiger partial charge is 0.427 e. The van der Waals surface area contributed by atoms with E-state index in [0.717, 1.165) is 19.3 Å². The summed E-state index contributed by atoms with van der Waals surface area (Å²) < 4.78 is 10.7. The van der Waals surface area contributed by atoms with Gasteiger partial charge in [0, 0.05) is 13.0 Å². The molecule has 0 aliphatic carbocycles. The van der Waals surface area contributed by atoms with Crippen molar-refractivity contribution in [3.05, 3.63) is 81.0 Å². The number of hydrogen-bond acceptors (Lipinski definition) is 6. The Bertz CT molecular complexity index is 1070. The first-order valence-electron chi connectivity index (χ1n) is 9.81. The maximum absolute atomic E-state index is 13.1. The van der Waals surface area contributed by atoms with E-state index in [1.54, 1.807) is 24.8 Å². The second-order valence-electron chi connectivity index (χ2n) is 7.38. The third kappa shape index (κ3) is 3.99. The molecule has 1 aliphatic heterocycles. The van der Waals surface area contributed by atoms with Crippen LogP contribution in [0, 0.1) is 13.8 Å². The number of aromatic nitrogens is 2. The topological polar surface area (TPSA) is 89.4 Å². The van der Waals surface area contributed by atoms with Crippen molar-refractivity contribution >= 4 is 5.91 Å². The van der Waals surface area contributed by atoms with Gasteiger partial charge in [-0.3, -0.25) is 4.79 Å². The van der Waals surface area contributed by atoms with Gasteiger partial charge >= 0.3 is 5.63 Å². The number of rotatable bonds is 5. The van der Waals surface area contributed by atoms with Gasteiger partial charge in [-0.2, -0.15) is 4.98 Å². The van der Waals surface area contributed by atoms with Crippen LogP contribution < -0.4 is 5.63 Å². The summed E-state index contributed by atoms with van der Waals surface area (Å²) in [4.78, 5) is 31.7. The van der Waals surface area contributed by atoms with E-state index >= 15 is 0 Å². The Kier molecular flexibility index (Phi) is 5.29. The predicted octanol–water partition coefficient (Wildman–Crippen LogP) is 3.40. The summed E-state index contributed by atoms with van der Waals surface area (Å²) in [5.41, 5.74) is 1.28. The molecule has 3 aromatic rings. The van der Waals surface area contributed by atoms with Gasteiger partial charge in [0.2, 0.25) is 5.89 Å². The molecule has 1 aromatic carbocycles. The molecule has 1 amide bonds. The number of aryl methyl sites for hydroxylation is 4. The van der Waals surface area contributed by atoms with Crippen molar-refractivity contribution in [2.24, 2.45) is 0 Å². The van der Waals surface area contributed by atoms with Gasteiger partial charge < -0.3 is 13.8 Å². The van der Waals surface area contributed by atoms with E-state index in [-0.39, 0.29) is 17.5 Å². The fourth-order valence-electron chi connectivity index (χ4n) is 3.82. The SMILES string of the molecule is Cc1noc(C2CCCN2C(=O)c2c(C)cc(CCc3ccccc3)oc2=O)n1. The number of amides is 1. The highest BCUT2D eigenvalue weighted by Gasteiger charge is 2.36. The highest BCUT2D eigenvalue weighted by Crippen LogP contribution is 2.32. The van der Waals surface area contributed by atoms with Crippen molar-refractivity contribution in [1.82, 2.24) is 15.0 Å². The number of hydrogen-bond donors (Lipinski definition) is 0. The molecular formula is C22H23N3O4. The Morgan fingerprint density at radius 1 is 1.21 bits per heavy atom. The minimum absolute atomic E-state index is 0.0802. The fraction of sp³-hybridized carbons (Fsp3) is 0.364. The highest BCUT2D eigenvalue weighted by atomic mass is 16.5. The molecular weight excluding hydrogens is 370 g/mol. The van der Waals surface area contributed by atoms with Gasteiger partial charge in [-0.15, -0.1) is 0 Å². The van der Waals surface area contributed by atoms with Gasteiger partial charge in [0.05, 0.1) is 0 Å². The molecule has 0 N–H and O–H groups in total. The Hall–Kier alpha value is -3.22. The van der Waals surface area contributed by atoms with E-state index in [1.165, 1.54) is 5.56 Å². The molecule has 4 rings (SSSR count). The molecule has 0 spiro atoms. The van der Waals surface area contributed by atoms with E-state index in [2.05, 4.69) is 10.1 Å². The molecule has 3 heterocycles. The Morgan fingerprint density at radius 2 is 2.00 bits per heavy atom. The van der Waals surface area contributed by atoms with Crippen LogP contribution in [0.25, 0.3) is 0 Å². The van der Waals surface area contributed by atoms with Crippen LogP contribution >= 0.6 is 0 Å². The first-order valence-corrected chi connectivity index (χ1v) is 9.81. The minimum atomic E-state index is -0.592. The van der Waals surface area contributed by atoms with Crippen LogP contribution in [0.3, 0.4) is 0 Å². The summed E-state index contributed by atoms with van der Waals surface area (Å²) in [7, 11) is 0. The van der Waals surface area contributed by atoms with Crippen molar-refractivity contribution in [2.75, 3.05) is 6.54 Å². The lowest BCUT2D eigenvalue weighted by Crippen LogP contribution is -2.34. The third-order valence-corrected chi connectivity index (χ3v) is 5.26. The summed E-state index contributed by atoms with van der Waals surface area (Å²) in [6.07, 6.45) is 2.91. The van der Waals surface area contributed by atoms with Gasteiger partial charge in [-0.25, -0.2) is 4.79 Å². The molecule has 1 saturated heterocycles. The Morgan fingerprint density at radius 3 is 2.69 bits per heavy atom. The fourth-order valence-corrected chi connectivity index (χ4v) is 3.82. The Balaban J connectivity index is 1.55. The van der Waals surface area contributed by atoms with Gasteiger partial charge in [0.25, 0.3) is 5.91 Å². The number of nitrogens with zero attached hydrogens (tertiary/aromatic N) is 3. The molecule has 0 bridgehead atoms. The maximum Gasteiger partial charge on any atom is 0.349 e. The standard InChI is InChI=1S/C22H23N3O4/c1-14-13-17(11-10-16-7-4-3-5-8-16)28-22(27)19(14)21(26)25-12-6-9-18(25)20-23-15(2)24-29-20/h3-5,7-8,13,18H,6,9-12H2,1-2H3. The lowest BCUT2D eigenvalue weighted by molar-refractivity contribution is 0.0704. The second kappa shape index (κ2) is 8.03. The van der Waals surface area contributed by atoms with Crippen molar-refractivity contribution in [3.8, 4) is 0 Å². The van der Waals surface area contributed by atoms with Gasteiger partial charge in [0.15, 0.2) is 5.82 Å². The van der Waals surface area contributed by atoms with Gasteiger partial charge in [-0.1, -0.05) is 35.5 Å². The van der Waals surface area contributed by atoms with Crippen LogP contribution in [-0.4, -0.2) is 27.5 Å². The monoisotopic (exact) mass is 393 g/mol. The molecule has 0 radical (unpaired) electrons. The summed E-state index contributed by atoms with van der Waals surface area (Å²) in [6, 6.07) is 11.5. The lowest BCUT2D eigenvalue weighted by Gasteiger charge is -2.22. The van der Waals surface area contributed by atoms with Crippen LogP contribution in [0.1, 0.15) is 57.8 Å². The molecule has 150 valence electrons. The number of carbonyl (C=O) groups is 1. The van der Waals surface area contributed by atoms with Crippen LogP contribution in [0.5, 0.6) is 0 Å². The minimum Gasteiger partial charge on any atom is -0.427 e. The maximum atomic E-state index is 13.1. The average molecular weight is 393 g/mol. The first kappa shape index (κ1) is 19.1. The van der Waals surface area contributed by atoms with Crippen molar-refractivity contribution in [2.45, 2.75) is 45.6 Å². The summed E-state index contributed by atoms with van der Waals surface area (Å²) >= 11 is 0. The van der Waals surface area contributed by atoms with Gasteiger partial charge in [-0.05, 0) is 50.3 Å². The van der Waals surface area contributed by atoms with E-state index in [4.69, 9.17) is 8.94 Å². The zero-order valence-electron chi connectivity index (χ0n) is 16.6. The zero-order valence-corrected chi connectivity index (χ0v) is 16.6. The summed E-state index contributed by atoms with van der Waals surface area (Å²) in [5, 5.41) is 3.82. The molecule has 1 unspecified atom stereocenters. The third-order valence-electron chi connectivity index (χ3n) is 5.26. The van der Waals surface area contributed by atoms with Crippen LogP contribution in [0.4, 0.5) is 0 Å². The van der Waals surface area contributed by atoms with Crippen LogP contribution in [0.15, 0.2) is 50.1 Å². The van der Waals surface area contributed by atoms with Crippen molar-refractivity contribution in [1.29, 1.82) is 0 Å². The number of benzene rings is 1.